The quantitative estimate of drug-likeness (QED) is 0.590. The number of piperazine rings is 1. The third-order valence-electron chi connectivity index (χ3n) is 5.75. The molecule has 1 fully saturated rings. The topological polar surface area (TPSA) is 76.2 Å². The molecule has 0 spiro atoms. The number of allylic oxidation sites excluding steroid dienone is 1. The standard InChI is InChI=1S/C23H24F2N2O5S/c1-16(28)26-10-12-27(13-11-26)19-4-7-20(8-5-19)32-33(29,30)22-9-3-17-14-21(31-23(24)25)6-2-18(17)15-22/h2,4-8,14-15,23H,3,9-13H2,1H3. The summed E-state index contributed by atoms with van der Waals surface area (Å²) in [5.41, 5.74) is 2.29. The first kappa shape index (κ1) is 23.0. The minimum Gasteiger partial charge on any atom is -0.435 e. The highest BCUT2D eigenvalue weighted by molar-refractivity contribution is 7.91. The molecule has 1 heterocycles. The molecule has 10 heteroatoms. The number of nitrogens with zero attached hydrogens (tertiary/aromatic N) is 2. The molecule has 0 unspecified atom stereocenters. The Kier molecular flexibility index (Phi) is 6.55. The second-order valence-electron chi connectivity index (χ2n) is 7.87. The summed E-state index contributed by atoms with van der Waals surface area (Å²) >= 11 is 0. The van der Waals surface area contributed by atoms with Crippen molar-refractivity contribution in [3.05, 3.63) is 58.5 Å². The van der Waals surface area contributed by atoms with E-state index in [0.717, 1.165) is 11.3 Å². The van der Waals surface area contributed by atoms with E-state index in [4.69, 9.17) is 4.18 Å². The second-order valence-corrected chi connectivity index (χ2v) is 9.47. The molecule has 0 saturated carbocycles. The van der Waals surface area contributed by atoms with Crippen molar-refractivity contribution in [2.45, 2.75) is 26.4 Å². The molecule has 0 radical (unpaired) electrons. The Morgan fingerprint density at radius 1 is 0.970 bits per heavy atom. The third-order valence-corrected chi connectivity index (χ3v) is 7.13. The van der Waals surface area contributed by atoms with Gasteiger partial charge in [0.1, 0.15) is 11.5 Å². The zero-order valence-electron chi connectivity index (χ0n) is 18.0. The first-order valence-corrected chi connectivity index (χ1v) is 12.0. The summed E-state index contributed by atoms with van der Waals surface area (Å²) in [5.74, 6) is 0.307. The van der Waals surface area contributed by atoms with Crippen molar-refractivity contribution in [1.82, 2.24) is 4.90 Å². The van der Waals surface area contributed by atoms with Gasteiger partial charge in [-0.15, -0.1) is 0 Å². The summed E-state index contributed by atoms with van der Waals surface area (Å²) in [5, 5.41) is 0. The van der Waals surface area contributed by atoms with Crippen LogP contribution in [0.1, 0.15) is 24.5 Å². The van der Waals surface area contributed by atoms with Crippen LogP contribution in [0.15, 0.2) is 47.4 Å². The molecule has 1 aliphatic heterocycles. The SMILES string of the molecule is CC(=O)N1CCN(c2ccc(OS(=O)(=O)C3=Cc4ccc(OC(F)F)cc4CC3)cc2)CC1. The molecule has 0 atom stereocenters. The average Bonchev–Trinajstić information content (AvgIpc) is 2.78. The van der Waals surface area contributed by atoms with Crippen molar-refractivity contribution < 1.29 is 30.9 Å². The number of carbonyl (C=O) groups excluding carboxylic acids is 1. The number of hydrogen-bond donors (Lipinski definition) is 0. The summed E-state index contributed by atoms with van der Waals surface area (Å²) < 4.78 is 60.2. The summed E-state index contributed by atoms with van der Waals surface area (Å²) in [6.07, 6.45) is 2.07. The van der Waals surface area contributed by atoms with Gasteiger partial charge in [-0.3, -0.25) is 4.79 Å². The summed E-state index contributed by atoms with van der Waals surface area (Å²) in [7, 11) is -4.01. The van der Waals surface area contributed by atoms with Gasteiger partial charge >= 0.3 is 16.7 Å². The minimum atomic E-state index is -4.01. The molecule has 2 aromatic carbocycles. The maximum absolute atomic E-state index is 12.8. The number of aryl methyl sites for hydroxylation is 1. The summed E-state index contributed by atoms with van der Waals surface area (Å²) in [6, 6.07) is 11.2. The number of hydrogen-bond acceptors (Lipinski definition) is 6. The molecular formula is C23H24F2N2O5S. The van der Waals surface area contributed by atoms with Gasteiger partial charge in [-0.25, -0.2) is 0 Å². The number of ether oxygens (including phenoxy) is 1. The maximum Gasteiger partial charge on any atom is 0.387 e. The van der Waals surface area contributed by atoms with Crippen molar-refractivity contribution in [3.63, 3.8) is 0 Å². The van der Waals surface area contributed by atoms with Gasteiger partial charge in [-0.1, -0.05) is 6.07 Å². The zero-order chi connectivity index (χ0) is 23.6. The largest absolute Gasteiger partial charge is 0.435 e. The lowest BCUT2D eigenvalue weighted by molar-refractivity contribution is -0.129. The van der Waals surface area contributed by atoms with E-state index in [1.54, 1.807) is 42.2 Å². The van der Waals surface area contributed by atoms with Crippen LogP contribution in [0.3, 0.4) is 0 Å². The number of alkyl halides is 2. The average molecular weight is 479 g/mol. The molecule has 2 aromatic rings. The van der Waals surface area contributed by atoms with Crippen molar-refractivity contribution in [2.75, 3.05) is 31.1 Å². The molecule has 0 N–H and O–H groups in total. The number of fused-ring (bicyclic) bond motifs is 1. The Balaban J connectivity index is 1.43. The van der Waals surface area contributed by atoms with Crippen LogP contribution in [0.4, 0.5) is 14.5 Å². The summed E-state index contributed by atoms with van der Waals surface area (Å²) in [6.45, 7) is 1.34. The van der Waals surface area contributed by atoms with Crippen molar-refractivity contribution in [3.8, 4) is 11.5 Å². The molecule has 33 heavy (non-hydrogen) atoms. The second kappa shape index (κ2) is 9.38. The number of anilines is 1. The van der Waals surface area contributed by atoms with E-state index < -0.39 is 16.7 Å². The normalized spacial score (nSPS) is 16.3. The van der Waals surface area contributed by atoms with E-state index in [9.17, 15) is 22.0 Å². The molecule has 0 aromatic heterocycles. The fourth-order valence-electron chi connectivity index (χ4n) is 3.99. The van der Waals surface area contributed by atoms with Gasteiger partial charge in [-0.05, 0) is 66.4 Å². The van der Waals surface area contributed by atoms with Gasteiger partial charge in [-0.2, -0.15) is 17.2 Å². The van der Waals surface area contributed by atoms with Crippen LogP contribution in [0.2, 0.25) is 0 Å². The maximum atomic E-state index is 12.8. The van der Waals surface area contributed by atoms with Crippen LogP contribution >= 0.6 is 0 Å². The van der Waals surface area contributed by atoms with E-state index in [1.165, 1.54) is 18.2 Å². The van der Waals surface area contributed by atoms with E-state index in [2.05, 4.69) is 9.64 Å². The zero-order valence-corrected chi connectivity index (χ0v) is 18.9. The van der Waals surface area contributed by atoms with Crippen LogP contribution in [0.25, 0.3) is 6.08 Å². The lowest BCUT2D eigenvalue weighted by atomic mass is 9.97. The van der Waals surface area contributed by atoms with Crippen LogP contribution in [0.5, 0.6) is 11.5 Å². The number of amides is 1. The first-order valence-electron chi connectivity index (χ1n) is 10.5. The highest BCUT2D eigenvalue weighted by Gasteiger charge is 2.25. The third kappa shape index (κ3) is 5.44. The van der Waals surface area contributed by atoms with Gasteiger partial charge < -0.3 is 18.7 Å². The van der Waals surface area contributed by atoms with E-state index in [0.29, 0.717) is 38.2 Å². The van der Waals surface area contributed by atoms with E-state index in [1.807, 2.05) is 0 Å². The van der Waals surface area contributed by atoms with E-state index in [-0.39, 0.29) is 28.7 Å². The highest BCUT2D eigenvalue weighted by Crippen LogP contribution is 2.32. The van der Waals surface area contributed by atoms with Gasteiger partial charge in [0.2, 0.25) is 5.91 Å². The monoisotopic (exact) mass is 478 g/mol. The first-order chi connectivity index (χ1) is 15.7. The lowest BCUT2D eigenvalue weighted by Gasteiger charge is -2.35. The van der Waals surface area contributed by atoms with Crippen LogP contribution in [-0.4, -0.2) is 52.0 Å². The molecule has 176 valence electrons. The smallest absolute Gasteiger partial charge is 0.387 e. The van der Waals surface area contributed by atoms with Crippen LogP contribution in [0, 0.1) is 0 Å². The Morgan fingerprint density at radius 2 is 1.64 bits per heavy atom. The van der Waals surface area contributed by atoms with Gasteiger partial charge in [0.15, 0.2) is 0 Å². The molecule has 1 aliphatic carbocycles. The van der Waals surface area contributed by atoms with Crippen LogP contribution < -0.4 is 13.8 Å². The highest BCUT2D eigenvalue weighted by atomic mass is 32.2. The molecule has 1 saturated heterocycles. The molecule has 0 bridgehead atoms. The lowest BCUT2D eigenvalue weighted by Crippen LogP contribution is -2.48. The molecule has 4 rings (SSSR count). The fraction of sp³-hybridized carbons (Fsp3) is 0.348. The Morgan fingerprint density at radius 3 is 2.27 bits per heavy atom. The molecular weight excluding hydrogens is 454 g/mol. The van der Waals surface area contributed by atoms with Gasteiger partial charge in [0.05, 0.1) is 4.91 Å². The van der Waals surface area contributed by atoms with Crippen molar-refractivity contribution in [2.24, 2.45) is 0 Å². The molecule has 7 nitrogen and oxygen atoms in total. The van der Waals surface area contributed by atoms with Crippen molar-refractivity contribution >= 4 is 27.8 Å². The Labute approximate surface area is 191 Å². The predicted molar refractivity (Wildman–Crippen MR) is 120 cm³/mol. The fourth-order valence-corrected chi connectivity index (χ4v) is 5.08. The van der Waals surface area contributed by atoms with Gasteiger partial charge in [0, 0.05) is 38.8 Å². The predicted octanol–water partition coefficient (Wildman–Crippen LogP) is 3.65. The Bertz CT molecular complexity index is 1160. The van der Waals surface area contributed by atoms with Crippen LogP contribution in [-0.2, 0) is 21.3 Å². The molecule has 1 amide bonds. The minimum absolute atomic E-state index is 0.0440. The van der Waals surface area contributed by atoms with E-state index >= 15 is 0 Å². The molecule has 2 aliphatic rings. The summed E-state index contributed by atoms with van der Waals surface area (Å²) in [4.78, 5) is 15.5. The van der Waals surface area contributed by atoms with Gasteiger partial charge in [0.25, 0.3) is 0 Å². The number of carbonyl (C=O) groups is 1. The number of benzene rings is 2. The Hall–Kier alpha value is -3.14. The number of rotatable bonds is 6. The van der Waals surface area contributed by atoms with Crippen molar-refractivity contribution in [1.29, 1.82) is 0 Å². The number of halogens is 2.